The second kappa shape index (κ2) is 5.78. The molecule has 0 N–H and O–H groups in total. The lowest BCUT2D eigenvalue weighted by atomic mass is 10.0. The Morgan fingerprint density at radius 2 is 1.42 bits per heavy atom. The van der Waals surface area contributed by atoms with Gasteiger partial charge in [-0.1, -0.05) is 6.92 Å². The molecule has 0 fully saturated rings. The molecule has 1 unspecified atom stereocenters. The summed E-state index contributed by atoms with van der Waals surface area (Å²) in [5.74, 6) is 0.395. The van der Waals surface area contributed by atoms with Gasteiger partial charge in [0.2, 0.25) is 0 Å². The molecule has 120 valence electrons. The Morgan fingerprint density at radius 1 is 0.833 bits per heavy atom. The molecule has 4 rings (SSSR count). The minimum atomic E-state index is -0.285. The molecule has 0 amide bonds. The summed E-state index contributed by atoms with van der Waals surface area (Å²) in [6.45, 7) is 2.15. The summed E-state index contributed by atoms with van der Waals surface area (Å²) in [6.07, 6.45) is 1.96. The van der Waals surface area contributed by atoms with E-state index in [1.807, 2.05) is 0 Å². The number of hydrogen-bond donors (Lipinski definition) is 0. The van der Waals surface area contributed by atoms with Crippen LogP contribution in [-0.2, 0) is 6.42 Å². The Bertz CT molecular complexity index is 887. The number of hydrogen-bond acceptors (Lipinski definition) is 2. The van der Waals surface area contributed by atoms with Crippen molar-refractivity contribution in [2.75, 3.05) is 0 Å². The molecule has 0 saturated heterocycles. The Labute approximate surface area is 139 Å². The van der Waals surface area contributed by atoms with Gasteiger partial charge in [0, 0.05) is 16.7 Å². The predicted molar refractivity (Wildman–Crippen MR) is 89.6 cm³/mol. The molecule has 0 spiro atoms. The SMILES string of the molecule is CC1CCc2c(-c3ccc(F)cc3)nc(-c3ccc(F)cc3)nc21. The molecular weight excluding hydrogens is 306 g/mol. The van der Waals surface area contributed by atoms with E-state index in [0.717, 1.165) is 40.9 Å². The zero-order valence-corrected chi connectivity index (χ0v) is 13.3. The van der Waals surface area contributed by atoms with Crippen LogP contribution in [0.2, 0.25) is 0 Å². The fourth-order valence-corrected chi connectivity index (χ4v) is 3.23. The van der Waals surface area contributed by atoms with Gasteiger partial charge in [-0.3, -0.25) is 0 Å². The van der Waals surface area contributed by atoms with Gasteiger partial charge in [0.05, 0.1) is 11.4 Å². The van der Waals surface area contributed by atoms with E-state index in [2.05, 4.69) is 6.92 Å². The molecule has 1 atom stereocenters. The Balaban J connectivity index is 1.91. The van der Waals surface area contributed by atoms with Gasteiger partial charge in [-0.05, 0) is 67.3 Å². The van der Waals surface area contributed by atoms with E-state index in [1.54, 1.807) is 24.3 Å². The van der Waals surface area contributed by atoms with Crippen molar-refractivity contribution in [1.29, 1.82) is 0 Å². The molecule has 2 nitrogen and oxygen atoms in total. The molecular formula is C20H16F2N2. The summed E-state index contributed by atoms with van der Waals surface area (Å²) in [5.41, 5.74) is 4.70. The topological polar surface area (TPSA) is 25.8 Å². The first-order valence-corrected chi connectivity index (χ1v) is 8.04. The molecule has 0 radical (unpaired) electrons. The third kappa shape index (κ3) is 2.58. The quantitative estimate of drug-likeness (QED) is 0.653. The molecule has 0 aliphatic heterocycles. The monoisotopic (exact) mass is 322 g/mol. The minimum Gasteiger partial charge on any atom is -0.232 e. The molecule has 0 saturated carbocycles. The van der Waals surface area contributed by atoms with Crippen LogP contribution in [0.25, 0.3) is 22.6 Å². The van der Waals surface area contributed by atoms with Crippen LogP contribution in [0, 0.1) is 11.6 Å². The fourth-order valence-electron chi connectivity index (χ4n) is 3.23. The normalized spacial score (nSPS) is 16.2. The van der Waals surface area contributed by atoms with E-state index in [9.17, 15) is 8.78 Å². The van der Waals surface area contributed by atoms with E-state index in [-0.39, 0.29) is 11.6 Å². The summed E-state index contributed by atoms with van der Waals surface area (Å²) in [5, 5.41) is 0. The first-order chi connectivity index (χ1) is 11.6. The van der Waals surface area contributed by atoms with Crippen LogP contribution in [0.3, 0.4) is 0 Å². The highest BCUT2D eigenvalue weighted by Crippen LogP contribution is 2.38. The molecule has 1 aromatic heterocycles. The molecule has 1 aliphatic carbocycles. The maximum Gasteiger partial charge on any atom is 0.160 e. The summed E-state index contributed by atoms with van der Waals surface area (Å²) in [4.78, 5) is 9.45. The van der Waals surface area contributed by atoms with Crippen molar-refractivity contribution in [3.05, 3.63) is 71.4 Å². The third-order valence-corrected chi connectivity index (χ3v) is 4.55. The molecule has 1 aliphatic rings. The lowest BCUT2D eigenvalue weighted by Gasteiger charge is -2.12. The zero-order chi connectivity index (χ0) is 16.7. The first kappa shape index (κ1) is 14.9. The summed E-state index contributed by atoms with van der Waals surface area (Å²) >= 11 is 0. The Kier molecular flexibility index (Phi) is 3.60. The molecule has 24 heavy (non-hydrogen) atoms. The van der Waals surface area contributed by atoms with Crippen LogP contribution in [-0.4, -0.2) is 9.97 Å². The van der Waals surface area contributed by atoms with Crippen molar-refractivity contribution >= 4 is 0 Å². The Morgan fingerprint density at radius 3 is 2.04 bits per heavy atom. The van der Waals surface area contributed by atoms with Gasteiger partial charge in [0.1, 0.15) is 11.6 Å². The van der Waals surface area contributed by atoms with E-state index >= 15 is 0 Å². The molecule has 2 aromatic carbocycles. The molecule has 4 heteroatoms. The maximum absolute atomic E-state index is 13.3. The fraction of sp³-hybridized carbons (Fsp3) is 0.200. The molecule has 0 bridgehead atoms. The minimum absolute atomic E-state index is 0.267. The van der Waals surface area contributed by atoms with Crippen molar-refractivity contribution in [2.45, 2.75) is 25.7 Å². The number of nitrogens with zero attached hydrogens (tertiary/aromatic N) is 2. The van der Waals surface area contributed by atoms with Gasteiger partial charge in [0.25, 0.3) is 0 Å². The van der Waals surface area contributed by atoms with Crippen molar-refractivity contribution in [3.8, 4) is 22.6 Å². The van der Waals surface area contributed by atoms with Crippen LogP contribution in [0.4, 0.5) is 8.78 Å². The second-order valence-electron chi connectivity index (χ2n) is 6.21. The van der Waals surface area contributed by atoms with Gasteiger partial charge >= 0.3 is 0 Å². The zero-order valence-electron chi connectivity index (χ0n) is 13.3. The van der Waals surface area contributed by atoms with Gasteiger partial charge in [0.15, 0.2) is 5.82 Å². The summed E-state index contributed by atoms with van der Waals surface area (Å²) < 4.78 is 26.4. The number of fused-ring (bicyclic) bond motifs is 1. The second-order valence-corrected chi connectivity index (χ2v) is 6.21. The van der Waals surface area contributed by atoms with Crippen LogP contribution in [0.5, 0.6) is 0 Å². The Hall–Kier alpha value is -2.62. The number of aromatic nitrogens is 2. The van der Waals surface area contributed by atoms with Gasteiger partial charge < -0.3 is 0 Å². The summed E-state index contributed by atoms with van der Waals surface area (Å²) in [6, 6.07) is 12.6. The van der Waals surface area contributed by atoms with Crippen LogP contribution >= 0.6 is 0 Å². The third-order valence-electron chi connectivity index (χ3n) is 4.55. The van der Waals surface area contributed by atoms with Crippen molar-refractivity contribution in [2.24, 2.45) is 0 Å². The molecule has 3 aromatic rings. The number of benzene rings is 2. The lowest BCUT2D eigenvalue weighted by Crippen LogP contribution is -2.02. The van der Waals surface area contributed by atoms with Crippen LogP contribution in [0.1, 0.15) is 30.5 Å². The van der Waals surface area contributed by atoms with Crippen LogP contribution in [0.15, 0.2) is 48.5 Å². The molecule has 1 heterocycles. The highest BCUT2D eigenvalue weighted by Gasteiger charge is 2.26. The number of rotatable bonds is 2. The van der Waals surface area contributed by atoms with Crippen molar-refractivity contribution in [3.63, 3.8) is 0 Å². The highest BCUT2D eigenvalue weighted by molar-refractivity contribution is 5.69. The maximum atomic E-state index is 13.3. The van der Waals surface area contributed by atoms with E-state index in [1.165, 1.54) is 24.3 Å². The first-order valence-electron chi connectivity index (χ1n) is 8.04. The highest BCUT2D eigenvalue weighted by atomic mass is 19.1. The van der Waals surface area contributed by atoms with Gasteiger partial charge in [-0.15, -0.1) is 0 Å². The average Bonchev–Trinajstić information content (AvgIpc) is 2.97. The van der Waals surface area contributed by atoms with Crippen molar-refractivity contribution < 1.29 is 8.78 Å². The van der Waals surface area contributed by atoms with E-state index in [0.29, 0.717) is 11.7 Å². The van der Waals surface area contributed by atoms with Gasteiger partial charge in [-0.2, -0.15) is 0 Å². The van der Waals surface area contributed by atoms with E-state index < -0.39 is 0 Å². The standard InChI is InChI=1S/C20H16F2N2/c1-12-2-11-17-18(12)23-20(14-5-9-16(22)10-6-14)24-19(17)13-3-7-15(21)8-4-13/h3-10,12H,2,11H2,1H3. The predicted octanol–water partition coefficient (Wildman–Crippen LogP) is 5.14. The number of halogens is 2. The van der Waals surface area contributed by atoms with Gasteiger partial charge in [-0.25, -0.2) is 18.7 Å². The smallest absolute Gasteiger partial charge is 0.160 e. The van der Waals surface area contributed by atoms with Crippen molar-refractivity contribution in [1.82, 2.24) is 9.97 Å². The lowest BCUT2D eigenvalue weighted by molar-refractivity contribution is 0.627. The van der Waals surface area contributed by atoms with Crippen LogP contribution < -0.4 is 0 Å². The summed E-state index contributed by atoms with van der Waals surface area (Å²) in [7, 11) is 0. The van der Waals surface area contributed by atoms with E-state index in [4.69, 9.17) is 9.97 Å². The average molecular weight is 322 g/mol. The largest absolute Gasteiger partial charge is 0.232 e.